The fraction of sp³-hybridized carbons (Fsp3) is 0.327. The average Bonchev–Trinajstić information content (AvgIpc) is 1.58. The molecule has 0 amide bonds. The van der Waals surface area contributed by atoms with E-state index in [9.17, 15) is 9.59 Å². The fourth-order valence-corrected chi connectivity index (χ4v) is 28.5. The van der Waals surface area contributed by atoms with Gasteiger partial charge in [-0.1, -0.05) is 190 Å². The van der Waals surface area contributed by atoms with Gasteiger partial charge in [0.2, 0.25) is 0 Å². The van der Waals surface area contributed by atoms with Gasteiger partial charge in [0.05, 0.1) is 14.2 Å². The van der Waals surface area contributed by atoms with Gasteiger partial charge in [-0.3, -0.25) is 9.59 Å². The number of anilines is 6. The van der Waals surface area contributed by atoms with E-state index in [1.54, 1.807) is 0 Å². The number of esters is 2. The first-order chi connectivity index (χ1) is 62.0. The highest BCUT2D eigenvalue weighted by Crippen LogP contribution is 2.54. The molecular weight excluding hydrogens is 1730 g/mol. The summed E-state index contributed by atoms with van der Waals surface area (Å²) in [6.45, 7) is 9.25. The Morgan fingerprint density at radius 2 is 0.532 bits per heavy atom. The van der Waals surface area contributed by atoms with Crippen molar-refractivity contribution in [3.63, 3.8) is 0 Å². The van der Waals surface area contributed by atoms with Gasteiger partial charge in [0.15, 0.2) is 0 Å². The normalized spacial score (nSPS) is 11.6. The van der Waals surface area contributed by atoms with Crippen molar-refractivity contribution in [2.24, 2.45) is 0 Å². The number of methoxy groups -OCH3 is 2. The van der Waals surface area contributed by atoms with Gasteiger partial charge in [0, 0.05) is 123 Å². The lowest BCUT2D eigenvalue weighted by molar-refractivity contribution is -0.141. The molecule has 0 aliphatic carbocycles. The van der Waals surface area contributed by atoms with Gasteiger partial charge >= 0.3 is 11.9 Å². The zero-order valence-corrected chi connectivity index (χ0v) is 81.9. The molecule has 0 fully saturated rings. The van der Waals surface area contributed by atoms with E-state index >= 15 is 0 Å². The van der Waals surface area contributed by atoms with Crippen molar-refractivity contribution in [2.45, 2.75) is 220 Å². The number of rotatable bonds is 47. The van der Waals surface area contributed by atoms with Gasteiger partial charge in [-0.15, -0.1) is 113 Å². The number of ether oxygens (including phenoxy) is 2. The van der Waals surface area contributed by atoms with E-state index in [-0.39, 0.29) is 11.9 Å². The Kier molecular flexibility index (Phi) is 32.5. The van der Waals surface area contributed by atoms with Crippen LogP contribution < -0.4 is 9.80 Å². The lowest BCUT2D eigenvalue weighted by atomic mass is 9.97. The molecule has 16 rings (SSSR count). The first-order valence-electron chi connectivity index (χ1n) is 46.0. The van der Waals surface area contributed by atoms with Crippen molar-refractivity contribution >= 4 is 178 Å². The number of carbonyl (C=O) groups is 2. The zero-order chi connectivity index (χ0) is 86.5. The standard InChI is InChI=1S/C110H116N2O4S10/c1-7-11-15-23-31-85-55-59-93(117-85)95-61-63-97(119-95)99-65-67-101(121-99)103-69-71-105(123-103)111(81-49-45-79(46-50-81)77-41-37-75(38-42-77)29-21-19-27-35-107(113)115-5)83-53-57-91-89(73-83)87(33-25-17-13-9-3)109(125-91)110-88(34-26-18-14-10-4)90-74-84(54-58-92(90)126-110)112(82-51-47-80(48-52-82)78-43-39-76(40-44-78)30-22-20-28-36-108(114)116-6)106-72-70-104(124-106)102-68-66-100(122-102)98-64-62-96(120-98)94-60-56-86(118-94)32-24-16-12-8-2/h37-74H,7-36H2,1-6H3. The molecule has 0 aliphatic rings. The molecule has 0 unspecified atom stereocenters. The second kappa shape index (κ2) is 45.1. The van der Waals surface area contributed by atoms with Crippen LogP contribution in [0.4, 0.5) is 32.8 Å². The molecule has 10 heterocycles. The van der Waals surface area contributed by atoms with Crippen LogP contribution in [0, 0.1) is 0 Å². The van der Waals surface area contributed by atoms with Crippen molar-refractivity contribution in [3.8, 4) is 90.5 Å². The molecule has 0 radical (unpaired) electrons. The maximum atomic E-state index is 11.8. The number of hydrogen-bond acceptors (Lipinski definition) is 16. The molecule has 0 saturated carbocycles. The maximum absolute atomic E-state index is 11.8. The molecule has 650 valence electrons. The number of carbonyl (C=O) groups excluding carboxylic acids is 2. The Balaban J connectivity index is 0.741. The SMILES string of the molecule is CCCCCCc1ccc(-c2ccc(-c3ccc(-c4ccc(N(c5ccc(-c6ccc(CCCCCC(=O)OC)cc6)cc5)c5ccc6sc(-c7sc8ccc(N(c9ccc(-c%10ccc(CCCCCC(=O)OC)cc%10)cc9)c9ccc(-c%10ccc(-c%11ccc(-c%12ccc(CCCCCC)s%12)s%11)s%10)s9)cc8c7CCCCCC)c(CCCCCC)c6c5)s4)s3)s2)s1. The quantitative estimate of drug-likeness (QED) is 0.0280. The molecule has 0 N–H and O–H groups in total. The molecule has 0 saturated heterocycles. The monoisotopic (exact) mass is 1850 g/mol. The topological polar surface area (TPSA) is 59.1 Å². The lowest BCUT2D eigenvalue weighted by Crippen LogP contribution is -2.08. The van der Waals surface area contributed by atoms with Gasteiger partial charge in [-0.05, 0) is 303 Å². The highest BCUT2D eigenvalue weighted by Gasteiger charge is 2.27. The molecule has 0 bridgehead atoms. The highest BCUT2D eigenvalue weighted by atomic mass is 32.1. The predicted octanol–water partition coefficient (Wildman–Crippen LogP) is 37.6. The van der Waals surface area contributed by atoms with Gasteiger partial charge in [0.1, 0.15) is 10.0 Å². The molecule has 6 nitrogen and oxygen atoms in total. The first kappa shape index (κ1) is 90.7. The van der Waals surface area contributed by atoms with Gasteiger partial charge < -0.3 is 19.3 Å². The molecule has 16 heteroatoms. The van der Waals surface area contributed by atoms with Crippen molar-refractivity contribution in [2.75, 3.05) is 24.0 Å². The Morgan fingerprint density at radius 1 is 0.254 bits per heavy atom. The number of fused-ring (bicyclic) bond motifs is 2. The highest BCUT2D eigenvalue weighted by molar-refractivity contribution is 7.31. The van der Waals surface area contributed by atoms with Crippen LogP contribution >= 0.6 is 113 Å². The second-order valence-electron chi connectivity index (χ2n) is 33.3. The predicted molar refractivity (Wildman–Crippen MR) is 558 cm³/mol. The second-order valence-corrected chi connectivity index (χ2v) is 44.2. The van der Waals surface area contributed by atoms with Crippen LogP contribution in [0.15, 0.2) is 231 Å². The Morgan fingerprint density at radius 3 is 0.865 bits per heavy atom. The Labute approximate surface area is 787 Å². The van der Waals surface area contributed by atoms with E-state index in [0.717, 1.165) is 88.4 Å². The number of aryl methyl sites for hydroxylation is 6. The number of nitrogens with zero attached hydrogens (tertiary/aromatic N) is 2. The van der Waals surface area contributed by atoms with Crippen molar-refractivity contribution in [3.05, 3.63) is 263 Å². The number of thiophene rings is 10. The Hall–Kier alpha value is -8.62. The third kappa shape index (κ3) is 22.8. The van der Waals surface area contributed by atoms with Gasteiger partial charge in [0.25, 0.3) is 0 Å². The summed E-state index contributed by atoms with van der Waals surface area (Å²) >= 11 is 19.4. The molecule has 6 aromatic carbocycles. The van der Waals surface area contributed by atoms with E-state index in [0.29, 0.717) is 12.8 Å². The average molecular weight is 1850 g/mol. The third-order valence-electron chi connectivity index (χ3n) is 24.2. The van der Waals surface area contributed by atoms with E-state index in [4.69, 9.17) is 9.47 Å². The number of benzene rings is 6. The Bertz CT molecular complexity index is 5790. The largest absolute Gasteiger partial charge is 0.469 e. The molecule has 0 spiro atoms. The molecular formula is C110H116N2O4S10. The minimum absolute atomic E-state index is 0.129. The van der Waals surface area contributed by atoms with Crippen molar-refractivity contribution < 1.29 is 19.1 Å². The molecule has 0 aliphatic heterocycles. The molecule has 10 aromatic heterocycles. The summed E-state index contributed by atoms with van der Waals surface area (Å²) in [6.07, 6.45) is 32.9. The first-order valence-corrected chi connectivity index (χ1v) is 54.2. The minimum Gasteiger partial charge on any atom is -0.469 e. The van der Waals surface area contributed by atoms with E-state index in [2.05, 4.69) is 268 Å². The smallest absolute Gasteiger partial charge is 0.305 e. The van der Waals surface area contributed by atoms with Crippen LogP contribution in [0.2, 0.25) is 0 Å². The molecule has 126 heavy (non-hydrogen) atoms. The van der Waals surface area contributed by atoms with E-state index in [1.165, 1.54) is 281 Å². The van der Waals surface area contributed by atoms with Gasteiger partial charge in [-0.2, -0.15) is 0 Å². The van der Waals surface area contributed by atoms with Crippen LogP contribution in [0.3, 0.4) is 0 Å². The fourth-order valence-electron chi connectivity index (χ4n) is 17.1. The van der Waals surface area contributed by atoms with E-state index in [1.807, 2.05) is 113 Å². The summed E-state index contributed by atoms with van der Waals surface area (Å²) in [5.74, 6) is -0.259. The molecule has 16 aromatic rings. The number of unbranched alkanes of at least 4 members (excludes halogenated alkanes) is 16. The zero-order valence-electron chi connectivity index (χ0n) is 73.8. The van der Waals surface area contributed by atoms with E-state index < -0.39 is 0 Å². The van der Waals surface area contributed by atoms with Crippen LogP contribution in [0.1, 0.15) is 214 Å². The summed E-state index contributed by atoms with van der Waals surface area (Å²) in [5, 5.41) is 5.11. The summed E-state index contributed by atoms with van der Waals surface area (Å²) < 4.78 is 12.5. The van der Waals surface area contributed by atoms with Crippen molar-refractivity contribution in [1.29, 1.82) is 0 Å². The molecule has 0 atom stereocenters. The third-order valence-corrected chi connectivity index (χ3v) is 36.7. The van der Waals surface area contributed by atoms with Crippen LogP contribution in [0.5, 0.6) is 0 Å². The summed E-state index contributed by atoms with van der Waals surface area (Å²) in [5.41, 5.74) is 15.0. The van der Waals surface area contributed by atoms with Crippen LogP contribution in [0.25, 0.3) is 111 Å². The lowest BCUT2D eigenvalue weighted by Gasteiger charge is -2.24. The summed E-state index contributed by atoms with van der Waals surface area (Å²) in [7, 11) is 2.94. The maximum Gasteiger partial charge on any atom is 0.305 e. The number of hydrogen-bond donors (Lipinski definition) is 0. The van der Waals surface area contributed by atoms with Gasteiger partial charge in [-0.25, -0.2) is 0 Å². The summed E-state index contributed by atoms with van der Waals surface area (Å²) in [4.78, 5) is 50.4. The minimum atomic E-state index is -0.129. The van der Waals surface area contributed by atoms with Crippen LogP contribution in [-0.2, 0) is 57.6 Å². The summed E-state index contributed by atoms with van der Waals surface area (Å²) in [6, 6.07) is 89.1. The van der Waals surface area contributed by atoms with Crippen LogP contribution in [-0.4, -0.2) is 26.2 Å². The van der Waals surface area contributed by atoms with Crippen molar-refractivity contribution in [1.82, 2.24) is 0 Å².